The van der Waals surface area contributed by atoms with Gasteiger partial charge in [-0.05, 0) is 121 Å². The molecule has 1 atom stereocenters. The van der Waals surface area contributed by atoms with E-state index in [2.05, 4.69) is 52.9 Å². The minimum Gasteiger partial charge on any atom is -0.493 e. The van der Waals surface area contributed by atoms with Crippen molar-refractivity contribution >= 4 is 56.7 Å². The first-order valence-corrected chi connectivity index (χ1v) is 18.6. The molecule has 0 amide bonds. The Kier molecular flexibility index (Phi) is 11.2. The molecule has 6 rings (SSSR count). The fourth-order valence-electron chi connectivity index (χ4n) is 6.02. The van der Waals surface area contributed by atoms with Gasteiger partial charge in [-0.1, -0.05) is 53.8 Å². The molecular formula is C40H39IN2O7S. The summed E-state index contributed by atoms with van der Waals surface area (Å²) in [5.41, 5.74) is 2.95. The van der Waals surface area contributed by atoms with Crippen LogP contribution in [0.25, 0.3) is 16.8 Å². The maximum Gasteiger partial charge on any atom is 0.338 e. The molecule has 1 aliphatic heterocycles. The number of thiazole rings is 1. The van der Waals surface area contributed by atoms with E-state index < -0.39 is 12.0 Å². The summed E-state index contributed by atoms with van der Waals surface area (Å²) < 4.78 is 32.3. The van der Waals surface area contributed by atoms with Crippen LogP contribution >= 0.6 is 33.9 Å². The molecule has 0 saturated carbocycles. The number of halogens is 1. The van der Waals surface area contributed by atoms with E-state index in [0.29, 0.717) is 56.8 Å². The molecule has 5 aromatic rings. The first kappa shape index (κ1) is 36.2. The van der Waals surface area contributed by atoms with Gasteiger partial charge in [-0.25, -0.2) is 9.79 Å². The zero-order valence-electron chi connectivity index (χ0n) is 29.3. The number of aromatic nitrogens is 1. The third kappa shape index (κ3) is 7.69. The van der Waals surface area contributed by atoms with Gasteiger partial charge < -0.3 is 23.7 Å². The van der Waals surface area contributed by atoms with Crippen LogP contribution in [0.3, 0.4) is 0 Å². The van der Waals surface area contributed by atoms with E-state index in [0.717, 1.165) is 20.1 Å². The summed E-state index contributed by atoms with van der Waals surface area (Å²) in [6.07, 6.45) is 1.75. The van der Waals surface area contributed by atoms with E-state index in [4.69, 9.17) is 28.7 Å². The van der Waals surface area contributed by atoms with Crippen molar-refractivity contribution in [3.8, 4) is 23.0 Å². The Morgan fingerprint density at radius 1 is 0.961 bits per heavy atom. The number of nitrogens with zero attached hydrogens (tertiary/aromatic N) is 2. The number of hydrogen-bond acceptors (Lipinski definition) is 9. The van der Waals surface area contributed by atoms with E-state index in [1.165, 1.54) is 16.7 Å². The van der Waals surface area contributed by atoms with Crippen LogP contribution in [0.1, 0.15) is 57.4 Å². The molecule has 0 aliphatic carbocycles. The fraction of sp³-hybridized carbons (Fsp3) is 0.275. The van der Waals surface area contributed by atoms with Crippen LogP contribution in [0.5, 0.6) is 23.0 Å². The summed E-state index contributed by atoms with van der Waals surface area (Å²) in [6.45, 7) is 10.3. The number of carbonyl (C=O) groups is 1. The van der Waals surface area contributed by atoms with Crippen molar-refractivity contribution in [2.75, 3.05) is 20.3 Å². The van der Waals surface area contributed by atoms with E-state index >= 15 is 0 Å². The molecule has 0 bridgehead atoms. The molecule has 51 heavy (non-hydrogen) atoms. The van der Waals surface area contributed by atoms with Crippen LogP contribution in [0.15, 0.2) is 93.9 Å². The Hall–Kier alpha value is -4.62. The average Bonchev–Trinajstić information content (AvgIpc) is 3.40. The molecule has 1 aromatic heterocycles. The lowest BCUT2D eigenvalue weighted by Gasteiger charge is -2.25. The first-order valence-electron chi connectivity index (χ1n) is 16.7. The highest BCUT2D eigenvalue weighted by atomic mass is 127. The maximum atomic E-state index is 14.3. The van der Waals surface area contributed by atoms with Crippen molar-refractivity contribution < 1.29 is 28.5 Å². The molecule has 0 radical (unpaired) electrons. The van der Waals surface area contributed by atoms with Gasteiger partial charge >= 0.3 is 5.97 Å². The van der Waals surface area contributed by atoms with Crippen LogP contribution in [0.4, 0.5) is 0 Å². The standard InChI is InChI=1S/C40H39IN2O7S/c1-7-47-33-19-26(18-30(41)37(33)49-22-25-13-14-27-11-9-10-12-28(27)17-25)20-34-38(44)43-36(29-15-16-31(50-23(3)4)32(21-29)46-6)35(39(45)48-8-2)24(5)42-40(43)51-34/h9-21,23,36H,7-8,22H2,1-6H3/b34-20-/t36-/m0/s1. The number of allylic oxidation sites excluding steroid dienone is 1. The molecule has 0 unspecified atom stereocenters. The highest BCUT2D eigenvalue weighted by Gasteiger charge is 2.34. The van der Waals surface area contributed by atoms with Gasteiger partial charge in [0.15, 0.2) is 27.8 Å². The lowest BCUT2D eigenvalue weighted by Crippen LogP contribution is -2.40. The third-order valence-corrected chi connectivity index (χ3v) is 9.99. The van der Waals surface area contributed by atoms with Crippen LogP contribution < -0.4 is 33.8 Å². The predicted molar refractivity (Wildman–Crippen MR) is 208 cm³/mol. The Labute approximate surface area is 313 Å². The molecule has 11 heteroatoms. The average molecular weight is 819 g/mol. The second-order valence-electron chi connectivity index (χ2n) is 12.1. The van der Waals surface area contributed by atoms with E-state index in [-0.39, 0.29) is 23.8 Å². The minimum absolute atomic E-state index is 0.0730. The predicted octanol–water partition coefficient (Wildman–Crippen LogP) is 7.33. The molecule has 0 saturated heterocycles. The molecule has 0 spiro atoms. The number of rotatable bonds is 12. The zero-order valence-corrected chi connectivity index (χ0v) is 32.3. The normalized spacial score (nSPS) is 14.4. The van der Waals surface area contributed by atoms with Crippen LogP contribution in [0.2, 0.25) is 0 Å². The fourth-order valence-corrected chi connectivity index (χ4v) is 7.85. The number of carbonyl (C=O) groups excluding carboxylic acids is 1. The highest BCUT2D eigenvalue weighted by molar-refractivity contribution is 14.1. The van der Waals surface area contributed by atoms with Crippen molar-refractivity contribution in [2.24, 2.45) is 4.99 Å². The summed E-state index contributed by atoms with van der Waals surface area (Å²) in [4.78, 5) is 32.9. The number of ether oxygens (including phenoxy) is 5. The minimum atomic E-state index is -0.797. The lowest BCUT2D eigenvalue weighted by molar-refractivity contribution is -0.139. The summed E-state index contributed by atoms with van der Waals surface area (Å²) in [6, 6.07) is 23.0. The van der Waals surface area contributed by atoms with Gasteiger partial charge in [0.05, 0.1) is 51.8 Å². The summed E-state index contributed by atoms with van der Waals surface area (Å²) >= 11 is 3.50. The number of hydrogen-bond donors (Lipinski definition) is 0. The van der Waals surface area contributed by atoms with Crippen LogP contribution in [-0.4, -0.2) is 37.0 Å². The van der Waals surface area contributed by atoms with Gasteiger partial charge in [-0.15, -0.1) is 0 Å². The third-order valence-electron chi connectivity index (χ3n) is 8.21. The van der Waals surface area contributed by atoms with E-state index in [1.807, 2.05) is 57.2 Å². The second-order valence-corrected chi connectivity index (χ2v) is 14.3. The highest BCUT2D eigenvalue weighted by Crippen LogP contribution is 2.37. The number of benzene rings is 4. The van der Waals surface area contributed by atoms with Gasteiger partial charge in [0, 0.05) is 0 Å². The van der Waals surface area contributed by atoms with Crippen LogP contribution in [0, 0.1) is 3.57 Å². The van der Waals surface area contributed by atoms with Crippen molar-refractivity contribution in [1.29, 1.82) is 0 Å². The van der Waals surface area contributed by atoms with E-state index in [9.17, 15) is 9.59 Å². The smallest absolute Gasteiger partial charge is 0.338 e. The summed E-state index contributed by atoms with van der Waals surface area (Å²) in [7, 11) is 1.56. The molecule has 0 fully saturated rings. The molecular weight excluding hydrogens is 779 g/mol. The Morgan fingerprint density at radius 3 is 2.47 bits per heavy atom. The molecule has 0 N–H and O–H groups in total. The molecule has 9 nitrogen and oxygen atoms in total. The van der Waals surface area contributed by atoms with Crippen molar-refractivity contribution in [2.45, 2.75) is 53.4 Å². The zero-order chi connectivity index (χ0) is 36.2. The first-order chi connectivity index (χ1) is 24.6. The number of fused-ring (bicyclic) bond motifs is 2. The Balaban J connectivity index is 1.40. The largest absolute Gasteiger partial charge is 0.493 e. The quantitative estimate of drug-likeness (QED) is 0.0962. The molecule has 1 aliphatic rings. The number of methoxy groups -OCH3 is 1. The summed E-state index contributed by atoms with van der Waals surface area (Å²) in [5, 5.41) is 2.33. The van der Waals surface area contributed by atoms with Gasteiger partial charge in [0.1, 0.15) is 6.61 Å². The Bertz CT molecular complexity index is 2330. The van der Waals surface area contributed by atoms with Gasteiger partial charge in [-0.2, -0.15) is 0 Å². The van der Waals surface area contributed by atoms with Gasteiger partial charge in [0.2, 0.25) is 0 Å². The van der Waals surface area contributed by atoms with Crippen molar-refractivity contribution in [3.63, 3.8) is 0 Å². The second kappa shape index (κ2) is 15.7. The van der Waals surface area contributed by atoms with E-state index in [1.54, 1.807) is 37.7 Å². The van der Waals surface area contributed by atoms with Crippen molar-refractivity contribution in [3.05, 3.63) is 124 Å². The Morgan fingerprint density at radius 2 is 1.75 bits per heavy atom. The van der Waals surface area contributed by atoms with Gasteiger partial charge in [-0.3, -0.25) is 9.36 Å². The lowest BCUT2D eigenvalue weighted by atomic mass is 9.95. The molecule has 264 valence electrons. The topological polar surface area (TPSA) is 97.6 Å². The van der Waals surface area contributed by atoms with Gasteiger partial charge in [0.25, 0.3) is 5.56 Å². The van der Waals surface area contributed by atoms with Crippen LogP contribution in [-0.2, 0) is 16.1 Å². The SMILES string of the molecule is CCOC(=O)C1=C(C)N=c2s/c(=C\c3cc(I)c(OCc4ccc5ccccc5c4)c(OCC)c3)c(=O)n2[C@H]1c1ccc(OC(C)C)c(OC)c1. The monoisotopic (exact) mass is 818 g/mol. The summed E-state index contributed by atoms with van der Waals surface area (Å²) in [5.74, 6) is 1.74. The molecule has 4 aromatic carbocycles. The number of esters is 1. The molecule has 2 heterocycles. The van der Waals surface area contributed by atoms with Crippen molar-refractivity contribution in [1.82, 2.24) is 4.57 Å². The maximum absolute atomic E-state index is 14.3.